The van der Waals surface area contributed by atoms with E-state index in [1.54, 1.807) is 0 Å². The lowest BCUT2D eigenvalue weighted by molar-refractivity contribution is -0.143. The molecule has 2 saturated carbocycles. The zero-order valence-corrected chi connectivity index (χ0v) is 15.1. The highest BCUT2D eigenvalue weighted by molar-refractivity contribution is 5.85. The van der Waals surface area contributed by atoms with Crippen molar-refractivity contribution in [2.75, 3.05) is 6.54 Å². The van der Waals surface area contributed by atoms with Gasteiger partial charge in [-0.2, -0.15) is 0 Å². The molecule has 2 fully saturated rings. The van der Waals surface area contributed by atoms with Gasteiger partial charge in [-0.3, -0.25) is 14.4 Å². The second kappa shape index (κ2) is 10.4. The van der Waals surface area contributed by atoms with Gasteiger partial charge in [0.25, 0.3) is 0 Å². The van der Waals surface area contributed by atoms with Crippen molar-refractivity contribution in [3.05, 3.63) is 0 Å². The van der Waals surface area contributed by atoms with Gasteiger partial charge in [-0.15, -0.1) is 0 Å². The molecule has 0 bridgehead atoms. The lowest BCUT2D eigenvalue weighted by atomic mass is 9.87. The van der Waals surface area contributed by atoms with Gasteiger partial charge in [0.05, 0.1) is 12.5 Å². The van der Waals surface area contributed by atoms with Crippen LogP contribution in [0.4, 0.5) is 0 Å². The highest BCUT2D eigenvalue weighted by Gasteiger charge is 2.29. The average Bonchev–Trinajstić information content (AvgIpc) is 3.06. The molecular weight excluding hydrogens is 320 g/mol. The summed E-state index contributed by atoms with van der Waals surface area (Å²) in [7, 11) is 0. The Labute approximate surface area is 150 Å². The van der Waals surface area contributed by atoms with Crippen LogP contribution in [-0.2, 0) is 14.4 Å². The number of carboxylic acid groups (broad SMARTS) is 1. The maximum absolute atomic E-state index is 12.1. The number of carboxylic acids is 1. The highest BCUT2D eigenvalue weighted by atomic mass is 16.4. The van der Waals surface area contributed by atoms with Crippen LogP contribution in [0.3, 0.4) is 0 Å². The van der Waals surface area contributed by atoms with E-state index in [1.807, 2.05) is 0 Å². The van der Waals surface area contributed by atoms with Gasteiger partial charge in [0.2, 0.25) is 11.8 Å². The maximum atomic E-state index is 12.1. The van der Waals surface area contributed by atoms with Crippen molar-refractivity contribution >= 4 is 17.8 Å². The standard InChI is InChI=1S/C19H32N2O4/c22-17(12-11-14-7-5-6-8-14)20-13-18(23)21-16-10-4-2-1-3-9-15(16)19(24)25/h14-16H,1-13H2,(H,20,22)(H,21,23)(H,24,25). The van der Waals surface area contributed by atoms with E-state index >= 15 is 0 Å². The Morgan fingerprint density at radius 1 is 0.840 bits per heavy atom. The summed E-state index contributed by atoms with van der Waals surface area (Å²) >= 11 is 0. The van der Waals surface area contributed by atoms with E-state index in [2.05, 4.69) is 10.6 Å². The minimum absolute atomic E-state index is 0.0632. The van der Waals surface area contributed by atoms with E-state index in [4.69, 9.17) is 0 Å². The van der Waals surface area contributed by atoms with E-state index in [9.17, 15) is 19.5 Å². The molecule has 0 radical (unpaired) electrons. The van der Waals surface area contributed by atoms with Crippen molar-refractivity contribution < 1.29 is 19.5 Å². The van der Waals surface area contributed by atoms with E-state index in [1.165, 1.54) is 25.7 Å². The number of amides is 2. The molecule has 2 aliphatic carbocycles. The molecule has 2 amide bonds. The highest BCUT2D eigenvalue weighted by Crippen LogP contribution is 2.28. The van der Waals surface area contributed by atoms with E-state index in [0.29, 0.717) is 25.2 Å². The first-order valence-corrected chi connectivity index (χ1v) is 9.85. The maximum Gasteiger partial charge on any atom is 0.308 e. The molecule has 2 aliphatic rings. The summed E-state index contributed by atoms with van der Waals surface area (Å²) in [6, 6.07) is -0.333. The normalized spacial score (nSPS) is 25.0. The zero-order valence-electron chi connectivity index (χ0n) is 15.1. The molecule has 0 saturated heterocycles. The molecule has 0 aromatic carbocycles. The van der Waals surface area contributed by atoms with Crippen LogP contribution in [-0.4, -0.2) is 35.5 Å². The van der Waals surface area contributed by atoms with Crippen LogP contribution in [0.15, 0.2) is 0 Å². The Bertz CT molecular complexity index is 460. The molecule has 0 aliphatic heterocycles. The fraction of sp³-hybridized carbons (Fsp3) is 0.842. The number of carbonyl (C=O) groups is 3. The first kappa shape index (κ1) is 19.7. The lowest BCUT2D eigenvalue weighted by Gasteiger charge is -2.27. The molecule has 0 aromatic rings. The predicted molar refractivity (Wildman–Crippen MR) is 95.0 cm³/mol. The quantitative estimate of drug-likeness (QED) is 0.656. The van der Waals surface area contributed by atoms with Crippen LogP contribution in [0.5, 0.6) is 0 Å². The van der Waals surface area contributed by atoms with Crippen LogP contribution in [0.1, 0.15) is 77.0 Å². The molecule has 142 valence electrons. The van der Waals surface area contributed by atoms with Gasteiger partial charge in [-0.1, -0.05) is 51.4 Å². The summed E-state index contributed by atoms with van der Waals surface area (Å²) < 4.78 is 0. The number of carbonyl (C=O) groups excluding carboxylic acids is 2. The second-order valence-corrected chi connectivity index (χ2v) is 7.58. The van der Waals surface area contributed by atoms with Gasteiger partial charge in [0.1, 0.15) is 0 Å². The number of rotatable bonds is 7. The summed E-state index contributed by atoms with van der Waals surface area (Å²) in [4.78, 5) is 35.5. The predicted octanol–water partition coefficient (Wildman–Crippen LogP) is 2.61. The average molecular weight is 352 g/mol. The number of aliphatic carboxylic acids is 1. The first-order valence-electron chi connectivity index (χ1n) is 9.85. The lowest BCUT2D eigenvalue weighted by Crippen LogP contribution is -2.47. The van der Waals surface area contributed by atoms with Crippen LogP contribution < -0.4 is 10.6 Å². The third-order valence-corrected chi connectivity index (χ3v) is 5.63. The third-order valence-electron chi connectivity index (χ3n) is 5.63. The topological polar surface area (TPSA) is 95.5 Å². The largest absolute Gasteiger partial charge is 0.481 e. The molecular formula is C19H32N2O4. The monoisotopic (exact) mass is 352 g/mol. The SMILES string of the molecule is O=C(CCC1CCCC1)NCC(=O)NC1CCCCCCC1C(=O)O. The Hall–Kier alpha value is -1.59. The Kier molecular flexibility index (Phi) is 8.22. The van der Waals surface area contributed by atoms with Gasteiger partial charge in [-0.25, -0.2) is 0 Å². The van der Waals surface area contributed by atoms with Crippen LogP contribution in [0.2, 0.25) is 0 Å². The second-order valence-electron chi connectivity index (χ2n) is 7.58. The van der Waals surface area contributed by atoms with Crippen molar-refractivity contribution in [2.45, 2.75) is 83.1 Å². The van der Waals surface area contributed by atoms with Gasteiger partial charge in [0, 0.05) is 12.5 Å². The smallest absolute Gasteiger partial charge is 0.308 e. The van der Waals surface area contributed by atoms with Crippen molar-refractivity contribution in [3.63, 3.8) is 0 Å². The number of hydrogen-bond acceptors (Lipinski definition) is 3. The summed E-state index contributed by atoms with van der Waals surface area (Å²) in [6.45, 7) is -0.0632. The summed E-state index contributed by atoms with van der Waals surface area (Å²) in [5.74, 6) is -1.08. The number of hydrogen-bond donors (Lipinski definition) is 3. The Morgan fingerprint density at radius 2 is 1.48 bits per heavy atom. The molecule has 0 spiro atoms. The number of nitrogens with one attached hydrogen (secondary N) is 2. The van der Waals surface area contributed by atoms with E-state index in [-0.39, 0.29) is 24.4 Å². The van der Waals surface area contributed by atoms with Crippen molar-refractivity contribution in [3.8, 4) is 0 Å². The molecule has 2 unspecified atom stereocenters. The van der Waals surface area contributed by atoms with Crippen LogP contribution in [0, 0.1) is 11.8 Å². The molecule has 2 rings (SSSR count). The molecule has 25 heavy (non-hydrogen) atoms. The van der Waals surface area contributed by atoms with Gasteiger partial charge >= 0.3 is 5.97 Å². The molecule has 2 atom stereocenters. The minimum Gasteiger partial charge on any atom is -0.481 e. The van der Waals surface area contributed by atoms with Gasteiger partial charge in [0.15, 0.2) is 0 Å². The molecule has 0 heterocycles. The summed E-state index contributed by atoms with van der Waals surface area (Å²) in [6.07, 6.45) is 11.6. The molecule has 6 nitrogen and oxygen atoms in total. The van der Waals surface area contributed by atoms with E-state index < -0.39 is 11.9 Å². The van der Waals surface area contributed by atoms with Gasteiger partial charge < -0.3 is 15.7 Å². The fourth-order valence-corrected chi connectivity index (χ4v) is 4.11. The van der Waals surface area contributed by atoms with Crippen molar-refractivity contribution in [2.24, 2.45) is 11.8 Å². The molecule has 3 N–H and O–H groups in total. The van der Waals surface area contributed by atoms with Crippen molar-refractivity contribution in [1.82, 2.24) is 10.6 Å². The van der Waals surface area contributed by atoms with Crippen molar-refractivity contribution in [1.29, 1.82) is 0 Å². The molecule has 6 heteroatoms. The van der Waals surface area contributed by atoms with Crippen LogP contribution >= 0.6 is 0 Å². The van der Waals surface area contributed by atoms with Crippen LogP contribution in [0.25, 0.3) is 0 Å². The third kappa shape index (κ3) is 7.04. The van der Waals surface area contributed by atoms with Gasteiger partial charge in [-0.05, 0) is 25.2 Å². The zero-order chi connectivity index (χ0) is 18.1. The Balaban J connectivity index is 1.71. The molecule has 0 aromatic heterocycles. The fourth-order valence-electron chi connectivity index (χ4n) is 4.11. The minimum atomic E-state index is -0.840. The van der Waals surface area contributed by atoms with E-state index in [0.717, 1.165) is 32.1 Å². The Morgan fingerprint density at radius 3 is 2.16 bits per heavy atom. The first-order chi connectivity index (χ1) is 12.1. The summed E-state index contributed by atoms with van der Waals surface area (Å²) in [5, 5.41) is 14.9. The summed E-state index contributed by atoms with van der Waals surface area (Å²) in [5.41, 5.74) is 0.